The Morgan fingerprint density at radius 3 is 2.58 bits per heavy atom. The summed E-state index contributed by atoms with van der Waals surface area (Å²) in [6.07, 6.45) is 2.13. The van der Waals surface area contributed by atoms with Crippen molar-refractivity contribution in [1.82, 2.24) is 14.8 Å². The van der Waals surface area contributed by atoms with Gasteiger partial charge < -0.3 is 20.1 Å². The van der Waals surface area contributed by atoms with Crippen molar-refractivity contribution in [3.63, 3.8) is 0 Å². The summed E-state index contributed by atoms with van der Waals surface area (Å²) in [5.74, 6) is 2.15. The van der Waals surface area contributed by atoms with Gasteiger partial charge in [-0.3, -0.25) is 4.79 Å². The fourth-order valence-corrected chi connectivity index (χ4v) is 7.02. The lowest BCUT2D eigenvalue weighted by Gasteiger charge is -2.29. The number of thioether (sulfide) groups is 1. The summed E-state index contributed by atoms with van der Waals surface area (Å²) in [4.78, 5) is 18.9. The second-order valence-corrected chi connectivity index (χ2v) is 13.4. The molecule has 4 aromatic rings. The van der Waals surface area contributed by atoms with Gasteiger partial charge in [-0.25, -0.2) is 4.68 Å². The molecule has 1 atom stereocenters. The number of nitrogens with zero attached hydrogens (tertiary/aromatic N) is 3. The van der Waals surface area contributed by atoms with Gasteiger partial charge in [0.05, 0.1) is 17.2 Å². The van der Waals surface area contributed by atoms with E-state index in [1.165, 1.54) is 0 Å². The second kappa shape index (κ2) is 14.5. The molecule has 1 aliphatic rings. The molecule has 2 N–H and O–H groups in total. The Kier molecular flexibility index (Phi) is 10.7. The Bertz CT molecular complexity index is 1760. The predicted molar refractivity (Wildman–Crippen MR) is 186 cm³/mol. The topological polar surface area (TPSA) is 90.3 Å². The van der Waals surface area contributed by atoms with Crippen LogP contribution < -0.4 is 20.1 Å². The number of aryl methyl sites for hydroxylation is 1. The summed E-state index contributed by atoms with van der Waals surface area (Å²) >= 11 is 18.1. The molecule has 12 heteroatoms. The number of aromatic nitrogens is 3. The summed E-state index contributed by atoms with van der Waals surface area (Å²) in [5, 5.41) is 13.0. The lowest BCUT2D eigenvalue weighted by Crippen LogP contribution is -2.31. The third-order valence-electron chi connectivity index (χ3n) is 7.65. The summed E-state index contributed by atoms with van der Waals surface area (Å²) in [6, 6.07) is 14.3. The lowest BCUT2D eigenvalue weighted by atomic mass is 9.94. The predicted octanol–water partition coefficient (Wildman–Crippen LogP) is 9.37. The molecule has 8 nitrogen and oxygen atoms in total. The molecule has 5 rings (SSSR count). The molecule has 236 valence electrons. The molecule has 0 aliphatic carbocycles. The largest absolute Gasteiger partial charge is 0.493 e. The third-order valence-corrected chi connectivity index (χ3v) is 9.87. The smallest absolute Gasteiger partial charge is 0.255 e. The second-order valence-electron chi connectivity index (χ2n) is 10.7. The van der Waals surface area contributed by atoms with Crippen LogP contribution in [0.25, 0.3) is 0 Å². The standard InChI is InChI=1S/C33H34BrCl2N5O3S/c1-6-7-14-45-33-39-32-37-20(4)28(31(42)38-26-13-8-10-18(2)19(26)3)29(41(32)40-33)21-15-23(34)30(27(16-21)43-5)44-17-22-24(35)11-9-12-25(22)36/h8-13,15-16,29H,6-7,14,17H2,1-5H3,(H,38,42)(H,37,39,40). The number of benzene rings is 3. The van der Waals surface area contributed by atoms with Crippen LogP contribution in [0, 0.1) is 13.8 Å². The highest BCUT2D eigenvalue weighted by Crippen LogP contribution is 2.44. The monoisotopic (exact) mass is 729 g/mol. The first-order valence-electron chi connectivity index (χ1n) is 14.5. The highest BCUT2D eigenvalue weighted by atomic mass is 79.9. The van der Waals surface area contributed by atoms with Gasteiger partial charge >= 0.3 is 0 Å². The molecule has 45 heavy (non-hydrogen) atoms. The lowest BCUT2D eigenvalue weighted by molar-refractivity contribution is -0.113. The molecule has 3 aromatic carbocycles. The summed E-state index contributed by atoms with van der Waals surface area (Å²) in [5.41, 5.74) is 5.45. The van der Waals surface area contributed by atoms with Crippen molar-refractivity contribution in [2.24, 2.45) is 0 Å². The molecule has 0 saturated carbocycles. The third kappa shape index (κ3) is 7.14. The SMILES string of the molecule is CCCCSc1nc2n(n1)C(c1cc(Br)c(OCc3c(Cl)cccc3Cl)c(OC)c1)C(C(=O)Nc1cccc(C)c1C)=C(C)N2. The fourth-order valence-electron chi connectivity index (χ4n) is 5.03. The molecule has 1 aliphatic heterocycles. The van der Waals surface area contributed by atoms with E-state index in [9.17, 15) is 4.79 Å². The van der Waals surface area contributed by atoms with E-state index in [0.717, 1.165) is 41.0 Å². The van der Waals surface area contributed by atoms with E-state index in [1.807, 2.05) is 51.1 Å². The first-order valence-corrected chi connectivity index (χ1v) is 17.0. The number of hydrogen-bond acceptors (Lipinski definition) is 7. The van der Waals surface area contributed by atoms with Crippen LogP contribution in [0.4, 0.5) is 11.6 Å². The van der Waals surface area contributed by atoms with E-state index in [-0.39, 0.29) is 12.5 Å². The van der Waals surface area contributed by atoms with Gasteiger partial charge in [-0.05, 0) is 90.1 Å². The minimum Gasteiger partial charge on any atom is -0.493 e. The normalized spacial score (nSPS) is 14.2. The van der Waals surface area contributed by atoms with Gasteiger partial charge in [0.2, 0.25) is 11.1 Å². The van der Waals surface area contributed by atoms with Crippen LogP contribution in [0.15, 0.2) is 69.4 Å². The van der Waals surface area contributed by atoms with E-state index in [1.54, 1.807) is 41.8 Å². The van der Waals surface area contributed by atoms with Gasteiger partial charge in [-0.15, -0.1) is 5.10 Å². The van der Waals surface area contributed by atoms with Gasteiger partial charge in [0.15, 0.2) is 11.5 Å². The van der Waals surface area contributed by atoms with Gasteiger partial charge in [0, 0.05) is 32.7 Å². The Morgan fingerprint density at radius 2 is 1.87 bits per heavy atom. The van der Waals surface area contributed by atoms with Crippen LogP contribution in [-0.2, 0) is 11.4 Å². The Labute approximate surface area is 286 Å². The van der Waals surface area contributed by atoms with E-state index < -0.39 is 6.04 Å². The Balaban J connectivity index is 1.56. The van der Waals surface area contributed by atoms with Crippen LogP contribution in [0.3, 0.4) is 0 Å². The molecule has 0 fully saturated rings. The minimum atomic E-state index is -0.614. The van der Waals surface area contributed by atoms with Crippen molar-refractivity contribution in [3.05, 3.63) is 96.6 Å². The average Bonchev–Trinajstić information content (AvgIpc) is 3.41. The summed E-state index contributed by atoms with van der Waals surface area (Å²) < 4.78 is 14.4. The number of carbonyl (C=O) groups excluding carboxylic acids is 1. The number of unbranched alkanes of at least 4 members (excludes halogenated alkanes) is 1. The van der Waals surface area contributed by atoms with Gasteiger partial charge in [0.25, 0.3) is 5.91 Å². The molecule has 0 radical (unpaired) electrons. The average molecular weight is 732 g/mol. The van der Waals surface area contributed by atoms with E-state index in [0.29, 0.717) is 54.0 Å². The number of methoxy groups -OCH3 is 1. The van der Waals surface area contributed by atoms with Crippen molar-refractivity contribution in [3.8, 4) is 11.5 Å². The Hall–Kier alpha value is -3.18. The molecule has 1 unspecified atom stereocenters. The molecule has 2 heterocycles. The van der Waals surface area contributed by atoms with Crippen molar-refractivity contribution in [1.29, 1.82) is 0 Å². The zero-order valence-electron chi connectivity index (χ0n) is 25.6. The fraction of sp³-hybridized carbons (Fsp3) is 0.303. The quantitative estimate of drug-likeness (QED) is 0.117. The van der Waals surface area contributed by atoms with Crippen LogP contribution >= 0.6 is 50.9 Å². The maximum atomic E-state index is 14.1. The van der Waals surface area contributed by atoms with Crippen molar-refractivity contribution >= 4 is 68.4 Å². The van der Waals surface area contributed by atoms with Gasteiger partial charge in [0.1, 0.15) is 12.6 Å². The van der Waals surface area contributed by atoms with Gasteiger partial charge in [-0.2, -0.15) is 4.98 Å². The number of ether oxygens (including phenoxy) is 2. The van der Waals surface area contributed by atoms with E-state index >= 15 is 0 Å². The van der Waals surface area contributed by atoms with Crippen molar-refractivity contribution < 1.29 is 14.3 Å². The van der Waals surface area contributed by atoms with Crippen LogP contribution in [0.5, 0.6) is 11.5 Å². The number of allylic oxidation sites excluding steroid dienone is 1. The number of nitrogens with one attached hydrogen (secondary N) is 2. The molecular formula is C33H34BrCl2N5O3S. The van der Waals surface area contributed by atoms with Gasteiger partial charge in [-0.1, -0.05) is 66.5 Å². The molecule has 0 saturated heterocycles. The number of carbonyl (C=O) groups is 1. The number of rotatable bonds is 11. The number of halogens is 3. The zero-order valence-corrected chi connectivity index (χ0v) is 29.5. The summed E-state index contributed by atoms with van der Waals surface area (Å²) in [6.45, 7) is 8.18. The van der Waals surface area contributed by atoms with Crippen molar-refractivity contribution in [2.45, 2.75) is 58.3 Å². The minimum absolute atomic E-state index is 0.133. The number of anilines is 2. The highest BCUT2D eigenvalue weighted by Gasteiger charge is 2.35. The van der Waals surface area contributed by atoms with E-state index in [4.69, 9.17) is 42.8 Å². The maximum Gasteiger partial charge on any atom is 0.255 e. The van der Waals surface area contributed by atoms with Crippen LogP contribution in [-0.4, -0.2) is 33.5 Å². The Morgan fingerprint density at radius 1 is 1.13 bits per heavy atom. The molecule has 0 bridgehead atoms. The number of amides is 1. The number of fused-ring (bicyclic) bond motifs is 1. The summed E-state index contributed by atoms with van der Waals surface area (Å²) in [7, 11) is 1.57. The zero-order chi connectivity index (χ0) is 32.2. The van der Waals surface area contributed by atoms with Crippen molar-refractivity contribution in [2.75, 3.05) is 23.5 Å². The number of hydrogen-bond donors (Lipinski definition) is 2. The first-order chi connectivity index (χ1) is 21.6. The molecule has 1 aromatic heterocycles. The van der Waals surface area contributed by atoms with Crippen LogP contribution in [0.1, 0.15) is 55.0 Å². The van der Waals surface area contributed by atoms with E-state index in [2.05, 4.69) is 33.5 Å². The molecule has 1 amide bonds. The molecule has 0 spiro atoms. The highest BCUT2D eigenvalue weighted by molar-refractivity contribution is 9.10. The molecular weight excluding hydrogens is 697 g/mol. The van der Waals surface area contributed by atoms with Crippen LogP contribution in [0.2, 0.25) is 10.0 Å². The maximum absolute atomic E-state index is 14.1. The first kappa shape index (κ1) is 33.2.